The molecule has 1 aromatic rings. The Bertz CT molecular complexity index is 306. The Morgan fingerprint density at radius 2 is 1.58 bits per heavy atom. The van der Waals surface area contributed by atoms with Crippen LogP contribution in [-0.2, 0) is 0 Å². The SMILES string of the molecule is CCN(CC)CCC(CC(C)C)c1ccccc1.Cl. The lowest BCUT2D eigenvalue weighted by atomic mass is 9.87. The van der Waals surface area contributed by atoms with Gasteiger partial charge in [0, 0.05) is 0 Å². The van der Waals surface area contributed by atoms with Crippen LogP contribution in [0.15, 0.2) is 30.3 Å². The quantitative estimate of drug-likeness (QED) is 0.651. The van der Waals surface area contributed by atoms with E-state index in [2.05, 4.69) is 62.9 Å². The maximum Gasteiger partial charge on any atom is -0.00131 e. The first-order chi connectivity index (χ1) is 8.67. The Hall–Kier alpha value is -0.530. The molecule has 2 heteroatoms. The van der Waals surface area contributed by atoms with E-state index in [1.807, 2.05) is 0 Å². The fourth-order valence-corrected chi connectivity index (χ4v) is 2.59. The lowest BCUT2D eigenvalue weighted by Crippen LogP contribution is -2.25. The molecule has 1 atom stereocenters. The first-order valence-corrected chi connectivity index (χ1v) is 7.44. The first kappa shape index (κ1) is 18.5. The zero-order valence-corrected chi connectivity index (χ0v) is 13.7. The molecule has 0 fully saturated rings. The third-order valence-corrected chi connectivity index (χ3v) is 3.72. The molecule has 1 aromatic carbocycles. The fourth-order valence-electron chi connectivity index (χ4n) is 2.59. The molecule has 1 nitrogen and oxygen atoms in total. The van der Waals surface area contributed by atoms with Crippen LogP contribution < -0.4 is 0 Å². The van der Waals surface area contributed by atoms with Crippen LogP contribution in [0.4, 0.5) is 0 Å². The highest BCUT2D eigenvalue weighted by Gasteiger charge is 2.14. The van der Waals surface area contributed by atoms with Crippen LogP contribution in [0, 0.1) is 5.92 Å². The molecule has 1 unspecified atom stereocenters. The summed E-state index contributed by atoms with van der Waals surface area (Å²) in [6.07, 6.45) is 2.58. The van der Waals surface area contributed by atoms with Crippen molar-refractivity contribution in [3.8, 4) is 0 Å². The summed E-state index contributed by atoms with van der Waals surface area (Å²) in [6.45, 7) is 12.7. The van der Waals surface area contributed by atoms with Gasteiger partial charge in [0.25, 0.3) is 0 Å². The largest absolute Gasteiger partial charge is 0.304 e. The van der Waals surface area contributed by atoms with Gasteiger partial charge in [-0.3, -0.25) is 0 Å². The normalized spacial score (nSPS) is 12.5. The Morgan fingerprint density at radius 3 is 2.05 bits per heavy atom. The van der Waals surface area contributed by atoms with Gasteiger partial charge in [0.2, 0.25) is 0 Å². The summed E-state index contributed by atoms with van der Waals surface area (Å²) in [7, 11) is 0. The topological polar surface area (TPSA) is 3.24 Å². The van der Waals surface area contributed by atoms with Gasteiger partial charge in [-0.25, -0.2) is 0 Å². The minimum absolute atomic E-state index is 0. The lowest BCUT2D eigenvalue weighted by molar-refractivity contribution is 0.283. The molecule has 0 spiro atoms. The van der Waals surface area contributed by atoms with E-state index in [1.54, 1.807) is 0 Å². The molecule has 0 aromatic heterocycles. The van der Waals surface area contributed by atoms with E-state index in [9.17, 15) is 0 Å². The monoisotopic (exact) mass is 283 g/mol. The summed E-state index contributed by atoms with van der Waals surface area (Å²) in [5, 5.41) is 0. The van der Waals surface area contributed by atoms with Crippen molar-refractivity contribution in [2.45, 2.75) is 46.5 Å². The van der Waals surface area contributed by atoms with E-state index < -0.39 is 0 Å². The molecule has 1 rings (SSSR count). The van der Waals surface area contributed by atoms with E-state index in [-0.39, 0.29) is 12.4 Å². The van der Waals surface area contributed by atoms with E-state index in [0.717, 1.165) is 5.92 Å². The molecule has 19 heavy (non-hydrogen) atoms. The number of rotatable bonds is 8. The Labute approximate surface area is 125 Å². The maximum absolute atomic E-state index is 2.52. The van der Waals surface area contributed by atoms with Gasteiger partial charge in [0.05, 0.1) is 0 Å². The number of halogens is 1. The fraction of sp³-hybridized carbons (Fsp3) is 0.647. The maximum atomic E-state index is 2.52. The Morgan fingerprint density at radius 1 is 1.00 bits per heavy atom. The molecule has 110 valence electrons. The minimum Gasteiger partial charge on any atom is -0.304 e. The van der Waals surface area contributed by atoms with Crippen LogP contribution in [0.25, 0.3) is 0 Å². The van der Waals surface area contributed by atoms with E-state index in [0.29, 0.717) is 5.92 Å². The van der Waals surface area contributed by atoms with Gasteiger partial charge < -0.3 is 4.90 Å². The van der Waals surface area contributed by atoms with Crippen molar-refractivity contribution in [2.75, 3.05) is 19.6 Å². The van der Waals surface area contributed by atoms with E-state index >= 15 is 0 Å². The van der Waals surface area contributed by atoms with Gasteiger partial charge in [-0.2, -0.15) is 0 Å². The van der Waals surface area contributed by atoms with Crippen LogP contribution in [0.3, 0.4) is 0 Å². The van der Waals surface area contributed by atoms with Gasteiger partial charge in [-0.05, 0) is 49.9 Å². The van der Waals surface area contributed by atoms with Crippen LogP contribution in [0.5, 0.6) is 0 Å². The predicted molar refractivity (Wildman–Crippen MR) is 88.3 cm³/mol. The van der Waals surface area contributed by atoms with Gasteiger partial charge in [0.15, 0.2) is 0 Å². The van der Waals surface area contributed by atoms with Gasteiger partial charge >= 0.3 is 0 Å². The van der Waals surface area contributed by atoms with Crippen LogP contribution >= 0.6 is 12.4 Å². The van der Waals surface area contributed by atoms with Crippen molar-refractivity contribution < 1.29 is 0 Å². The first-order valence-electron chi connectivity index (χ1n) is 7.44. The summed E-state index contributed by atoms with van der Waals surface area (Å²) < 4.78 is 0. The third-order valence-electron chi connectivity index (χ3n) is 3.72. The summed E-state index contributed by atoms with van der Waals surface area (Å²) in [5.41, 5.74) is 1.51. The van der Waals surface area contributed by atoms with Crippen molar-refractivity contribution >= 4 is 12.4 Å². The molecule has 0 radical (unpaired) electrons. The van der Waals surface area contributed by atoms with Gasteiger partial charge in [-0.1, -0.05) is 58.0 Å². The van der Waals surface area contributed by atoms with E-state index in [4.69, 9.17) is 0 Å². The number of hydrogen-bond acceptors (Lipinski definition) is 1. The van der Waals surface area contributed by atoms with Crippen LogP contribution in [0.1, 0.15) is 52.0 Å². The zero-order valence-electron chi connectivity index (χ0n) is 12.9. The average Bonchev–Trinajstić information content (AvgIpc) is 2.39. The number of benzene rings is 1. The van der Waals surface area contributed by atoms with Crippen LogP contribution in [0.2, 0.25) is 0 Å². The highest BCUT2D eigenvalue weighted by Crippen LogP contribution is 2.27. The van der Waals surface area contributed by atoms with E-state index in [1.165, 1.54) is 38.0 Å². The summed E-state index contributed by atoms with van der Waals surface area (Å²) in [4.78, 5) is 2.52. The second kappa shape index (κ2) is 10.3. The number of nitrogens with zero attached hydrogens (tertiary/aromatic N) is 1. The summed E-state index contributed by atoms with van der Waals surface area (Å²) in [5.74, 6) is 1.48. The van der Waals surface area contributed by atoms with Crippen molar-refractivity contribution in [1.82, 2.24) is 4.90 Å². The van der Waals surface area contributed by atoms with Crippen molar-refractivity contribution in [3.05, 3.63) is 35.9 Å². The Balaban J connectivity index is 0.00000324. The Kier molecular flexibility index (Phi) is 9.99. The molecule has 0 saturated heterocycles. The van der Waals surface area contributed by atoms with Crippen molar-refractivity contribution in [3.63, 3.8) is 0 Å². The van der Waals surface area contributed by atoms with Crippen molar-refractivity contribution in [1.29, 1.82) is 0 Å². The molecule has 0 heterocycles. The zero-order chi connectivity index (χ0) is 13.4. The molecule has 0 aliphatic carbocycles. The average molecular weight is 284 g/mol. The second-order valence-electron chi connectivity index (χ2n) is 5.55. The molecule has 0 amide bonds. The lowest BCUT2D eigenvalue weighted by Gasteiger charge is -2.24. The third kappa shape index (κ3) is 6.98. The highest BCUT2D eigenvalue weighted by molar-refractivity contribution is 5.85. The smallest absolute Gasteiger partial charge is 0.00131 e. The van der Waals surface area contributed by atoms with Crippen molar-refractivity contribution in [2.24, 2.45) is 5.92 Å². The van der Waals surface area contributed by atoms with Gasteiger partial charge in [0.1, 0.15) is 0 Å². The molecule has 0 bridgehead atoms. The second-order valence-corrected chi connectivity index (χ2v) is 5.55. The molecule has 0 N–H and O–H groups in total. The molecular formula is C17H30ClN. The summed E-state index contributed by atoms with van der Waals surface area (Å²) in [6, 6.07) is 11.0. The molecule has 0 aliphatic heterocycles. The van der Waals surface area contributed by atoms with Crippen LogP contribution in [-0.4, -0.2) is 24.5 Å². The molecule has 0 aliphatic rings. The molecular weight excluding hydrogens is 254 g/mol. The molecule has 0 saturated carbocycles. The standard InChI is InChI=1S/C17H29N.ClH/c1-5-18(6-2)13-12-17(14-15(3)4)16-10-8-7-9-11-16;/h7-11,15,17H,5-6,12-14H2,1-4H3;1H. The predicted octanol–water partition coefficient (Wildman–Crippen LogP) is 4.97. The van der Waals surface area contributed by atoms with Gasteiger partial charge in [-0.15, -0.1) is 12.4 Å². The number of hydrogen-bond donors (Lipinski definition) is 0. The minimum atomic E-state index is 0. The highest BCUT2D eigenvalue weighted by atomic mass is 35.5. The summed E-state index contributed by atoms with van der Waals surface area (Å²) >= 11 is 0.